The summed E-state index contributed by atoms with van der Waals surface area (Å²) in [6.07, 6.45) is 0. The fourth-order valence-corrected chi connectivity index (χ4v) is 1.47. The van der Waals surface area contributed by atoms with Crippen molar-refractivity contribution < 1.29 is 4.74 Å². The molecule has 4 heteroatoms. The number of likely N-dealkylation sites (N-methyl/N-ethyl adjacent to an activating group) is 1. The van der Waals surface area contributed by atoms with E-state index in [0.29, 0.717) is 23.8 Å². The Morgan fingerprint density at radius 1 is 1.50 bits per heavy atom. The summed E-state index contributed by atoms with van der Waals surface area (Å²) in [6, 6.07) is 7.27. The second-order valence-corrected chi connectivity index (χ2v) is 3.73. The van der Waals surface area contributed by atoms with Gasteiger partial charge < -0.3 is 10.1 Å². The lowest BCUT2D eigenvalue weighted by Crippen LogP contribution is -2.18. The van der Waals surface area contributed by atoms with E-state index < -0.39 is 0 Å². The molecule has 0 fully saturated rings. The van der Waals surface area contributed by atoms with E-state index in [2.05, 4.69) is 12.2 Å². The largest absolute Gasteiger partial charge is 0.375 e. The highest BCUT2D eigenvalue weighted by Gasteiger charge is 2.01. The van der Waals surface area contributed by atoms with Gasteiger partial charge in [0.2, 0.25) is 0 Å². The van der Waals surface area contributed by atoms with Crippen LogP contribution in [-0.4, -0.2) is 19.7 Å². The van der Waals surface area contributed by atoms with Gasteiger partial charge in [-0.15, -0.1) is 0 Å². The molecule has 16 heavy (non-hydrogen) atoms. The third-order valence-corrected chi connectivity index (χ3v) is 2.46. The summed E-state index contributed by atoms with van der Waals surface area (Å²) in [7, 11) is 0. The average Bonchev–Trinajstić information content (AvgIpc) is 2.30. The highest BCUT2D eigenvalue weighted by molar-refractivity contribution is 6.31. The molecule has 1 rings (SSSR count). The standard InChI is InChI=1S/C12H15ClN2O/c1-2-15-5-6-16-9-11-4-3-10(8-14)7-12(11)13/h3-4,7,15H,2,5-6,9H2,1H3. The minimum absolute atomic E-state index is 0.482. The quantitative estimate of drug-likeness (QED) is 0.774. The van der Waals surface area contributed by atoms with E-state index in [9.17, 15) is 0 Å². The van der Waals surface area contributed by atoms with Crippen LogP contribution in [-0.2, 0) is 11.3 Å². The third kappa shape index (κ3) is 4.19. The van der Waals surface area contributed by atoms with Crippen molar-refractivity contribution in [2.24, 2.45) is 0 Å². The van der Waals surface area contributed by atoms with Crippen molar-refractivity contribution in [1.82, 2.24) is 5.32 Å². The summed E-state index contributed by atoms with van der Waals surface area (Å²) in [5.41, 5.74) is 1.48. The summed E-state index contributed by atoms with van der Waals surface area (Å²) < 4.78 is 5.45. The molecule has 0 radical (unpaired) electrons. The van der Waals surface area contributed by atoms with E-state index in [0.717, 1.165) is 18.7 Å². The molecule has 0 bridgehead atoms. The van der Waals surface area contributed by atoms with Crippen LogP contribution in [0.3, 0.4) is 0 Å². The minimum Gasteiger partial charge on any atom is -0.375 e. The fourth-order valence-electron chi connectivity index (χ4n) is 1.24. The Labute approximate surface area is 101 Å². The second-order valence-electron chi connectivity index (χ2n) is 3.32. The lowest BCUT2D eigenvalue weighted by atomic mass is 10.1. The average molecular weight is 239 g/mol. The third-order valence-electron chi connectivity index (χ3n) is 2.11. The van der Waals surface area contributed by atoms with Gasteiger partial charge in [0, 0.05) is 11.6 Å². The molecule has 0 aliphatic carbocycles. The lowest BCUT2D eigenvalue weighted by molar-refractivity contribution is 0.123. The van der Waals surface area contributed by atoms with Crippen molar-refractivity contribution in [3.05, 3.63) is 34.3 Å². The summed E-state index contributed by atoms with van der Waals surface area (Å²) >= 11 is 6.00. The number of nitrogens with zero attached hydrogens (tertiary/aromatic N) is 1. The molecular formula is C12H15ClN2O. The van der Waals surface area contributed by atoms with E-state index in [4.69, 9.17) is 21.6 Å². The van der Waals surface area contributed by atoms with Crippen LogP contribution in [0, 0.1) is 11.3 Å². The molecule has 86 valence electrons. The van der Waals surface area contributed by atoms with Crippen molar-refractivity contribution in [3.8, 4) is 6.07 Å². The maximum atomic E-state index is 8.68. The molecule has 0 atom stereocenters. The molecular weight excluding hydrogens is 224 g/mol. The molecule has 1 aromatic carbocycles. The van der Waals surface area contributed by atoms with Gasteiger partial charge >= 0.3 is 0 Å². The first-order chi connectivity index (χ1) is 7.77. The maximum absolute atomic E-state index is 8.68. The maximum Gasteiger partial charge on any atom is 0.0992 e. The van der Waals surface area contributed by atoms with Crippen LogP contribution < -0.4 is 5.32 Å². The van der Waals surface area contributed by atoms with E-state index in [-0.39, 0.29) is 0 Å². The topological polar surface area (TPSA) is 45.0 Å². The predicted octanol–water partition coefficient (Wildman–Crippen LogP) is 2.34. The molecule has 0 saturated carbocycles. The van der Waals surface area contributed by atoms with Crippen molar-refractivity contribution in [2.45, 2.75) is 13.5 Å². The van der Waals surface area contributed by atoms with E-state index in [1.165, 1.54) is 0 Å². The smallest absolute Gasteiger partial charge is 0.0992 e. The van der Waals surface area contributed by atoms with Crippen LogP contribution in [0.2, 0.25) is 5.02 Å². The minimum atomic E-state index is 0.482. The monoisotopic (exact) mass is 238 g/mol. The molecule has 3 nitrogen and oxygen atoms in total. The van der Waals surface area contributed by atoms with Crippen molar-refractivity contribution in [3.63, 3.8) is 0 Å². The van der Waals surface area contributed by atoms with Gasteiger partial charge in [0.25, 0.3) is 0 Å². The zero-order valence-corrected chi connectivity index (χ0v) is 10.0. The second kappa shape index (κ2) is 7.24. The molecule has 0 amide bonds. The van der Waals surface area contributed by atoms with Gasteiger partial charge in [-0.1, -0.05) is 24.6 Å². The first-order valence-electron chi connectivity index (χ1n) is 5.25. The number of nitriles is 1. The van der Waals surface area contributed by atoms with Crippen LogP contribution in [0.4, 0.5) is 0 Å². The zero-order chi connectivity index (χ0) is 11.8. The fraction of sp³-hybridized carbons (Fsp3) is 0.417. The van der Waals surface area contributed by atoms with Gasteiger partial charge in [-0.3, -0.25) is 0 Å². The number of hydrogen-bond acceptors (Lipinski definition) is 3. The van der Waals surface area contributed by atoms with Crippen LogP contribution in [0.15, 0.2) is 18.2 Å². The van der Waals surface area contributed by atoms with Crippen molar-refractivity contribution >= 4 is 11.6 Å². The number of rotatable bonds is 6. The highest BCUT2D eigenvalue weighted by Crippen LogP contribution is 2.18. The number of hydrogen-bond donors (Lipinski definition) is 1. The van der Waals surface area contributed by atoms with E-state index >= 15 is 0 Å². The summed E-state index contributed by atoms with van der Waals surface area (Å²) in [5, 5.41) is 12.4. The molecule has 1 aromatic rings. The SMILES string of the molecule is CCNCCOCc1ccc(C#N)cc1Cl. The Morgan fingerprint density at radius 3 is 2.94 bits per heavy atom. The Balaban J connectivity index is 2.40. The summed E-state index contributed by atoms with van der Waals surface area (Å²) in [5.74, 6) is 0. The Kier molecular flexibility index (Phi) is 5.87. The van der Waals surface area contributed by atoms with Crippen LogP contribution in [0.1, 0.15) is 18.1 Å². The first-order valence-corrected chi connectivity index (χ1v) is 5.62. The molecule has 0 spiro atoms. The number of benzene rings is 1. The Bertz CT molecular complexity index is 374. The van der Waals surface area contributed by atoms with Gasteiger partial charge in [-0.2, -0.15) is 5.26 Å². The molecule has 0 saturated heterocycles. The molecule has 0 unspecified atom stereocenters. The van der Waals surface area contributed by atoms with Gasteiger partial charge in [0.15, 0.2) is 0 Å². The molecule has 0 aliphatic rings. The Morgan fingerprint density at radius 2 is 2.31 bits per heavy atom. The molecule has 0 heterocycles. The zero-order valence-electron chi connectivity index (χ0n) is 9.29. The summed E-state index contributed by atoms with van der Waals surface area (Å²) in [6.45, 7) is 4.98. The predicted molar refractivity (Wildman–Crippen MR) is 64.4 cm³/mol. The molecule has 0 aliphatic heterocycles. The highest BCUT2D eigenvalue weighted by atomic mass is 35.5. The van der Waals surface area contributed by atoms with Crippen LogP contribution in [0.25, 0.3) is 0 Å². The van der Waals surface area contributed by atoms with Crippen molar-refractivity contribution in [1.29, 1.82) is 5.26 Å². The van der Waals surface area contributed by atoms with Crippen molar-refractivity contribution in [2.75, 3.05) is 19.7 Å². The van der Waals surface area contributed by atoms with Crippen LogP contribution in [0.5, 0.6) is 0 Å². The number of ether oxygens (including phenoxy) is 1. The van der Waals surface area contributed by atoms with Gasteiger partial charge in [-0.25, -0.2) is 0 Å². The lowest BCUT2D eigenvalue weighted by Gasteiger charge is -2.06. The molecule has 0 aromatic heterocycles. The normalized spacial score (nSPS) is 10.1. The van der Waals surface area contributed by atoms with Gasteiger partial charge in [0.05, 0.1) is 24.8 Å². The summed E-state index contributed by atoms with van der Waals surface area (Å²) in [4.78, 5) is 0. The van der Waals surface area contributed by atoms with Gasteiger partial charge in [0.1, 0.15) is 0 Å². The van der Waals surface area contributed by atoms with Gasteiger partial charge in [-0.05, 0) is 24.2 Å². The number of nitrogens with one attached hydrogen (secondary N) is 1. The number of halogens is 1. The van der Waals surface area contributed by atoms with E-state index in [1.807, 2.05) is 12.1 Å². The van der Waals surface area contributed by atoms with E-state index in [1.54, 1.807) is 12.1 Å². The first kappa shape index (κ1) is 13.0. The Hall–Kier alpha value is -1.08. The van der Waals surface area contributed by atoms with Crippen LogP contribution >= 0.6 is 11.6 Å². The molecule has 1 N–H and O–H groups in total.